The molecular formula is C15H15ClN2O4S. The van der Waals surface area contributed by atoms with Gasteiger partial charge in [0, 0.05) is 11.2 Å². The fourth-order valence-electron chi connectivity index (χ4n) is 1.82. The topological polar surface area (TPSA) is 85.4 Å². The Morgan fingerprint density at radius 3 is 2.61 bits per heavy atom. The molecule has 1 amide bonds. The summed E-state index contributed by atoms with van der Waals surface area (Å²) in [5.74, 6) is -1.11. The molecule has 0 spiro atoms. The summed E-state index contributed by atoms with van der Waals surface area (Å²) in [6.07, 6.45) is 1.52. The molecule has 2 aromatic rings. The number of nitrogens with zero attached hydrogens (tertiary/aromatic N) is 1. The van der Waals surface area contributed by atoms with E-state index in [2.05, 4.69) is 10.3 Å². The zero-order valence-corrected chi connectivity index (χ0v) is 13.9. The molecule has 1 aromatic heterocycles. The molecule has 122 valence electrons. The highest BCUT2D eigenvalue weighted by molar-refractivity contribution is 7.92. The number of hydrogen-bond acceptors (Lipinski definition) is 5. The summed E-state index contributed by atoms with van der Waals surface area (Å²) in [5, 5.41) is 2.92. The van der Waals surface area contributed by atoms with E-state index in [1.165, 1.54) is 30.5 Å². The smallest absolute Gasteiger partial charge is 0.240 e. The molecule has 8 heteroatoms. The van der Waals surface area contributed by atoms with E-state index < -0.39 is 21.5 Å². The van der Waals surface area contributed by atoms with Crippen LogP contribution in [0.2, 0.25) is 5.02 Å². The number of anilines is 1. The summed E-state index contributed by atoms with van der Waals surface area (Å²) >= 11 is 5.73. The highest BCUT2D eigenvalue weighted by Crippen LogP contribution is 2.21. The average Bonchev–Trinajstić information content (AvgIpc) is 2.49. The van der Waals surface area contributed by atoms with E-state index in [0.717, 1.165) is 0 Å². The number of carbonyl (C=O) groups is 1. The normalized spacial score (nSPS) is 11.0. The average molecular weight is 355 g/mol. The number of benzene rings is 1. The number of pyridine rings is 1. The molecule has 0 aliphatic carbocycles. The monoisotopic (exact) mass is 354 g/mol. The third-order valence-corrected chi connectivity index (χ3v) is 4.70. The first-order valence-corrected chi connectivity index (χ1v) is 8.81. The lowest BCUT2D eigenvalue weighted by Crippen LogP contribution is -2.23. The molecule has 0 radical (unpaired) electrons. The van der Waals surface area contributed by atoms with E-state index in [-0.39, 0.29) is 10.8 Å². The first-order valence-electron chi connectivity index (χ1n) is 6.78. The van der Waals surface area contributed by atoms with Crippen LogP contribution in [-0.2, 0) is 14.6 Å². The van der Waals surface area contributed by atoms with Crippen LogP contribution in [0.25, 0.3) is 0 Å². The van der Waals surface area contributed by atoms with Crippen molar-refractivity contribution in [3.05, 3.63) is 47.6 Å². The van der Waals surface area contributed by atoms with Crippen LogP contribution in [0.15, 0.2) is 47.5 Å². The molecule has 6 nitrogen and oxygen atoms in total. The molecule has 1 heterocycles. The van der Waals surface area contributed by atoms with E-state index in [0.29, 0.717) is 17.3 Å². The largest absolute Gasteiger partial charge is 0.476 e. The van der Waals surface area contributed by atoms with Crippen molar-refractivity contribution in [2.24, 2.45) is 0 Å². The number of sulfone groups is 1. The van der Waals surface area contributed by atoms with Crippen LogP contribution in [0.1, 0.15) is 6.92 Å². The SMILES string of the molecule is CCOc1ncccc1NC(=O)CS(=O)(=O)c1ccc(Cl)cc1. The van der Waals surface area contributed by atoms with Gasteiger partial charge in [0.25, 0.3) is 0 Å². The zero-order valence-electron chi connectivity index (χ0n) is 12.3. The van der Waals surface area contributed by atoms with Crippen molar-refractivity contribution in [1.29, 1.82) is 0 Å². The Kier molecular flexibility index (Phi) is 5.57. The summed E-state index contributed by atoms with van der Waals surface area (Å²) in [6.45, 7) is 2.16. The van der Waals surface area contributed by atoms with Gasteiger partial charge in [-0.3, -0.25) is 4.79 Å². The molecule has 1 aromatic carbocycles. The van der Waals surface area contributed by atoms with Crippen LogP contribution in [0.5, 0.6) is 5.88 Å². The highest BCUT2D eigenvalue weighted by atomic mass is 35.5. The summed E-state index contributed by atoms with van der Waals surface area (Å²) in [7, 11) is -3.75. The maximum Gasteiger partial charge on any atom is 0.240 e. The van der Waals surface area contributed by atoms with Gasteiger partial charge in [0.05, 0.1) is 11.5 Å². The van der Waals surface area contributed by atoms with Crippen molar-refractivity contribution in [3.8, 4) is 5.88 Å². The Morgan fingerprint density at radius 2 is 1.96 bits per heavy atom. The second-order valence-corrected chi connectivity index (χ2v) is 6.98. The molecule has 0 saturated heterocycles. The molecular weight excluding hydrogens is 340 g/mol. The van der Waals surface area contributed by atoms with Crippen molar-refractivity contribution < 1.29 is 17.9 Å². The van der Waals surface area contributed by atoms with E-state index in [1.807, 2.05) is 0 Å². The Labute approximate surface area is 139 Å². The maximum absolute atomic E-state index is 12.2. The molecule has 0 fully saturated rings. The van der Waals surface area contributed by atoms with Gasteiger partial charge in [0.1, 0.15) is 11.4 Å². The molecule has 1 N–H and O–H groups in total. The van der Waals surface area contributed by atoms with Crippen molar-refractivity contribution in [2.45, 2.75) is 11.8 Å². The zero-order chi connectivity index (χ0) is 16.9. The number of hydrogen-bond donors (Lipinski definition) is 1. The minimum Gasteiger partial charge on any atom is -0.476 e. The van der Waals surface area contributed by atoms with Gasteiger partial charge in [-0.05, 0) is 43.3 Å². The lowest BCUT2D eigenvalue weighted by atomic mass is 10.4. The van der Waals surface area contributed by atoms with Crippen LogP contribution in [0.3, 0.4) is 0 Å². The summed E-state index contributed by atoms with van der Waals surface area (Å²) in [5.41, 5.74) is 0.325. The van der Waals surface area contributed by atoms with Crippen molar-refractivity contribution in [3.63, 3.8) is 0 Å². The third-order valence-electron chi connectivity index (χ3n) is 2.82. The molecule has 23 heavy (non-hydrogen) atoms. The summed E-state index contributed by atoms with van der Waals surface area (Å²) in [6, 6.07) is 8.85. The van der Waals surface area contributed by atoms with Gasteiger partial charge in [-0.1, -0.05) is 11.6 Å². The summed E-state index contributed by atoms with van der Waals surface area (Å²) < 4.78 is 29.7. The number of amides is 1. The summed E-state index contributed by atoms with van der Waals surface area (Å²) in [4.78, 5) is 16.0. The highest BCUT2D eigenvalue weighted by Gasteiger charge is 2.20. The predicted octanol–water partition coefficient (Wildman–Crippen LogP) is 2.55. The molecule has 0 aliphatic heterocycles. The molecule has 0 bridgehead atoms. The number of nitrogens with one attached hydrogen (secondary N) is 1. The molecule has 2 rings (SSSR count). The van der Waals surface area contributed by atoms with E-state index >= 15 is 0 Å². The van der Waals surface area contributed by atoms with Gasteiger partial charge in [-0.25, -0.2) is 13.4 Å². The molecule has 0 atom stereocenters. The van der Waals surface area contributed by atoms with Crippen LogP contribution >= 0.6 is 11.6 Å². The lowest BCUT2D eigenvalue weighted by molar-refractivity contribution is -0.113. The Hall–Kier alpha value is -2.12. The number of halogens is 1. The van der Waals surface area contributed by atoms with Crippen molar-refractivity contribution >= 4 is 33.0 Å². The van der Waals surface area contributed by atoms with Crippen molar-refractivity contribution in [2.75, 3.05) is 17.7 Å². The van der Waals surface area contributed by atoms with Gasteiger partial charge in [0.2, 0.25) is 11.8 Å². The Balaban J connectivity index is 2.11. The third kappa shape index (κ3) is 4.67. The minimum atomic E-state index is -3.75. The second-order valence-electron chi connectivity index (χ2n) is 4.55. The van der Waals surface area contributed by atoms with Crippen LogP contribution in [0, 0.1) is 0 Å². The first-order chi connectivity index (χ1) is 10.9. The molecule has 0 aliphatic rings. The fourth-order valence-corrected chi connectivity index (χ4v) is 3.08. The number of rotatable bonds is 6. The Morgan fingerprint density at radius 1 is 1.26 bits per heavy atom. The van der Waals surface area contributed by atoms with Gasteiger partial charge < -0.3 is 10.1 Å². The van der Waals surface area contributed by atoms with E-state index in [4.69, 9.17) is 16.3 Å². The van der Waals surface area contributed by atoms with Crippen LogP contribution in [0.4, 0.5) is 5.69 Å². The van der Waals surface area contributed by atoms with Crippen LogP contribution < -0.4 is 10.1 Å². The number of carbonyl (C=O) groups excluding carboxylic acids is 1. The minimum absolute atomic E-state index is 0.0354. The number of aromatic nitrogens is 1. The van der Waals surface area contributed by atoms with E-state index in [9.17, 15) is 13.2 Å². The molecule has 0 saturated carbocycles. The predicted molar refractivity (Wildman–Crippen MR) is 87.5 cm³/mol. The fraction of sp³-hybridized carbons (Fsp3) is 0.200. The number of ether oxygens (including phenoxy) is 1. The Bertz CT molecular complexity index is 791. The van der Waals surface area contributed by atoms with Gasteiger partial charge >= 0.3 is 0 Å². The van der Waals surface area contributed by atoms with Gasteiger partial charge in [-0.15, -0.1) is 0 Å². The quantitative estimate of drug-likeness (QED) is 0.861. The standard InChI is InChI=1S/C15H15ClN2O4S/c1-2-22-15-13(4-3-9-17-15)18-14(19)10-23(20,21)12-7-5-11(16)6-8-12/h3-9H,2,10H2,1H3,(H,18,19). The van der Waals surface area contributed by atoms with Crippen LogP contribution in [-0.4, -0.2) is 31.7 Å². The van der Waals surface area contributed by atoms with Gasteiger partial charge in [-0.2, -0.15) is 0 Å². The van der Waals surface area contributed by atoms with E-state index in [1.54, 1.807) is 19.1 Å². The molecule has 0 unspecified atom stereocenters. The van der Waals surface area contributed by atoms with Gasteiger partial charge in [0.15, 0.2) is 9.84 Å². The maximum atomic E-state index is 12.2. The first kappa shape index (κ1) is 17.2. The van der Waals surface area contributed by atoms with Crippen molar-refractivity contribution in [1.82, 2.24) is 4.98 Å². The lowest BCUT2D eigenvalue weighted by Gasteiger charge is -2.10. The second kappa shape index (κ2) is 7.43.